The third-order valence-electron chi connectivity index (χ3n) is 2.62. The van der Waals surface area contributed by atoms with Gasteiger partial charge in [0.2, 0.25) is 0 Å². The van der Waals surface area contributed by atoms with Gasteiger partial charge in [-0.2, -0.15) is 0 Å². The molecule has 0 aliphatic carbocycles. The van der Waals surface area contributed by atoms with Crippen molar-refractivity contribution >= 4 is 37.6 Å². The summed E-state index contributed by atoms with van der Waals surface area (Å²) in [4.78, 5) is 12.1. The van der Waals surface area contributed by atoms with E-state index in [9.17, 15) is 13.6 Å². The topological polar surface area (TPSA) is 17.1 Å². The number of ketones is 1. The van der Waals surface area contributed by atoms with E-state index < -0.39 is 5.82 Å². The smallest absolute Gasteiger partial charge is 0.168 e. The first-order valence-electron chi connectivity index (χ1n) is 5.40. The fourth-order valence-electron chi connectivity index (χ4n) is 1.65. The maximum Gasteiger partial charge on any atom is 0.168 e. The average Bonchev–Trinajstić information content (AvgIpc) is 2.36. The van der Waals surface area contributed by atoms with E-state index in [1.54, 1.807) is 6.07 Å². The van der Waals surface area contributed by atoms with Crippen LogP contribution in [0.15, 0.2) is 45.3 Å². The molecule has 2 aromatic rings. The number of carbonyl (C=O) groups excluding carboxylic acids is 1. The monoisotopic (exact) mass is 388 g/mol. The summed E-state index contributed by atoms with van der Waals surface area (Å²) in [6.07, 6.45) is 0.0723. The Labute approximate surface area is 125 Å². The summed E-state index contributed by atoms with van der Waals surface area (Å²) in [5, 5.41) is 0. The van der Waals surface area contributed by atoms with E-state index in [0.717, 1.165) is 0 Å². The maximum absolute atomic E-state index is 13.4. The van der Waals surface area contributed by atoms with Gasteiger partial charge < -0.3 is 0 Å². The van der Waals surface area contributed by atoms with Crippen molar-refractivity contribution < 1.29 is 13.6 Å². The highest BCUT2D eigenvalue weighted by Crippen LogP contribution is 2.24. The number of rotatable bonds is 3. The third-order valence-corrected chi connectivity index (χ3v) is 4.16. The van der Waals surface area contributed by atoms with Crippen molar-refractivity contribution in [2.24, 2.45) is 0 Å². The van der Waals surface area contributed by atoms with E-state index >= 15 is 0 Å². The van der Waals surface area contributed by atoms with Gasteiger partial charge in [0.15, 0.2) is 5.78 Å². The molecule has 1 nitrogen and oxygen atoms in total. The quantitative estimate of drug-likeness (QED) is 0.681. The number of Topliss-reactive ketones (excluding diaryl/α,β-unsaturated/α-hetero) is 1. The second-order valence-corrected chi connectivity index (χ2v) is 5.58. The Bertz CT molecular complexity index is 641. The molecule has 0 spiro atoms. The summed E-state index contributed by atoms with van der Waals surface area (Å²) in [5.41, 5.74) is 0.929. The highest BCUT2D eigenvalue weighted by molar-refractivity contribution is 9.10. The second-order valence-electron chi connectivity index (χ2n) is 3.94. The van der Waals surface area contributed by atoms with Crippen molar-refractivity contribution in [1.29, 1.82) is 0 Å². The van der Waals surface area contributed by atoms with Crippen molar-refractivity contribution in [2.45, 2.75) is 6.42 Å². The molecule has 0 amide bonds. The average molecular weight is 390 g/mol. The first kappa shape index (κ1) is 14.3. The molecule has 98 valence electrons. The fraction of sp³-hybridized carbons (Fsp3) is 0.0714. The van der Waals surface area contributed by atoms with E-state index in [4.69, 9.17) is 0 Å². The summed E-state index contributed by atoms with van der Waals surface area (Å²) in [7, 11) is 0. The summed E-state index contributed by atoms with van der Waals surface area (Å²) in [5.74, 6) is -1.10. The number of benzene rings is 2. The Kier molecular flexibility index (Phi) is 4.47. The molecule has 0 aromatic heterocycles. The van der Waals surface area contributed by atoms with Gasteiger partial charge in [0.1, 0.15) is 11.6 Å². The van der Waals surface area contributed by atoms with Gasteiger partial charge in [-0.25, -0.2) is 8.78 Å². The molecule has 0 saturated carbocycles. The van der Waals surface area contributed by atoms with Crippen molar-refractivity contribution in [3.63, 3.8) is 0 Å². The molecule has 0 unspecified atom stereocenters. The SMILES string of the molecule is O=C(Cc1ccc(F)cc1Br)c1cccc(F)c1Br. The molecule has 19 heavy (non-hydrogen) atoms. The van der Waals surface area contributed by atoms with Gasteiger partial charge in [-0.15, -0.1) is 0 Å². The molecule has 0 heterocycles. The molecule has 0 bridgehead atoms. The molecule has 0 atom stereocenters. The Morgan fingerprint density at radius 3 is 2.53 bits per heavy atom. The number of hydrogen-bond donors (Lipinski definition) is 0. The van der Waals surface area contributed by atoms with Gasteiger partial charge in [-0.3, -0.25) is 4.79 Å². The first-order chi connectivity index (χ1) is 8.99. The Morgan fingerprint density at radius 2 is 1.84 bits per heavy atom. The Hall–Kier alpha value is -1.07. The minimum absolute atomic E-state index is 0.0723. The van der Waals surface area contributed by atoms with Gasteiger partial charge in [0, 0.05) is 16.5 Å². The van der Waals surface area contributed by atoms with Crippen molar-refractivity contribution in [3.8, 4) is 0 Å². The lowest BCUT2D eigenvalue weighted by molar-refractivity contribution is 0.0991. The van der Waals surface area contributed by atoms with E-state index in [-0.39, 0.29) is 28.1 Å². The van der Waals surface area contributed by atoms with Crippen molar-refractivity contribution in [3.05, 3.63) is 68.1 Å². The molecule has 2 rings (SSSR count). The first-order valence-corrected chi connectivity index (χ1v) is 6.99. The highest BCUT2D eigenvalue weighted by Gasteiger charge is 2.15. The lowest BCUT2D eigenvalue weighted by Gasteiger charge is -2.06. The molecule has 0 fully saturated rings. The molecule has 5 heteroatoms. The maximum atomic E-state index is 13.4. The van der Waals surface area contributed by atoms with Crippen LogP contribution in [0.25, 0.3) is 0 Å². The molecular formula is C14H8Br2F2O. The van der Waals surface area contributed by atoms with Crippen LogP contribution in [-0.2, 0) is 6.42 Å². The molecule has 0 radical (unpaired) electrons. The number of carbonyl (C=O) groups is 1. The Balaban J connectivity index is 2.28. The van der Waals surface area contributed by atoms with Crippen LogP contribution in [0.4, 0.5) is 8.78 Å². The molecule has 0 aliphatic rings. The third kappa shape index (κ3) is 3.28. The molecule has 2 aromatic carbocycles. The van der Waals surface area contributed by atoms with Crippen LogP contribution in [0.5, 0.6) is 0 Å². The predicted molar refractivity (Wildman–Crippen MR) is 76.2 cm³/mol. The van der Waals surface area contributed by atoms with Crippen LogP contribution in [0, 0.1) is 11.6 Å². The van der Waals surface area contributed by atoms with E-state index in [1.807, 2.05) is 0 Å². The van der Waals surface area contributed by atoms with Gasteiger partial charge in [-0.05, 0) is 39.7 Å². The molecular weight excluding hydrogens is 382 g/mol. The lowest BCUT2D eigenvalue weighted by atomic mass is 10.0. The van der Waals surface area contributed by atoms with Crippen LogP contribution >= 0.6 is 31.9 Å². The van der Waals surface area contributed by atoms with Crippen molar-refractivity contribution in [1.82, 2.24) is 0 Å². The van der Waals surface area contributed by atoms with Crippen LogP contribution in [-0.4, -0.2) is 5.78 Å². The number of hydrogen-bond acceptors (Lipinski definition) is 1. The van der Waals surface area contributed by atoms with E-state index in [0.29, 0.717) is 10.0 Å². The summed E-state index contributed by atoms with van der Waals surface area (Å²) >= 11 is 6.26. The summed E-state index contributed by atoms with van der Waals surface area (Å²) < 4.78 is 27.0. The zero-order chi connectivity index (χ0) is 14.0. The van der Waals surface area contributed by atoms with Gasteiger partial charge in [0.25, 0.3) is 0 Å². The van der Waals surface area contributed by atoms with Crippen LogP contribution < -0.4 is 0 Å². The van der Waals surface area contributed by atoms with Gasteiger partial charge in [-0.1, -0.05) is 34.1 Å². The summed E-state index contributed by atoms with van der Waals surface area (Å²) in [6.45, 7) is 0. The number of halogens is 4. The summed E-state index contributed by atoms with van der Waals surface area (Å²) in [6, 6.07) is 8.41. The Morgan fingerprint density at radius 1 is 1.11 bits per heavy atom. The van der Waals surface area contributed by atoms with Crippen LogP contribution in [0.3, 0.4) is 0 Å². The second kappa shape index (κ2) is 5.92. The van der Waals surface area contributed by atoms with Gasteiger partial charge >= 0.3 is 0 Å². The molecule has 0 N–H and O–H groups in total. The van der Waals surface area contributed by atoms with Gasteiger partial charge in [0.05, 0.1) is 4.47 Å². The van der Waals surface area contributed by atoms with Crippen molar-refractivity contribution in [2.75, 3.05) is 0 Å². The predicted octanol–water partition coefficient (Wildman–Crippen LogP) is 4.92. The van der Waals surface area contributed by atoms with Crippen LogP contribution in [0.1, 0.15) is 15.9 Å². The fourth-order valence-corrected chi connectivity index (χ4v) is 2.63. The van der Waals surface area contributed by atoms with Crippen LogP contribution in [0.2, 0.25) is 0 Å². The largest absolute Gasteiger partial charge is 0.294 e. The lowest BCUT2D eigenvalue weighted by Crippen LogP contribution is -2.06. The zero-order valence-electron chi connectivity index (χ0n) is 9.59. The standard InChI is InChI=1S/C14H8Br2F2O/c15-11-7-9(17)5-4-8(11)6-13(19)10-2-1-3-12(18)14(10)16/h1-5,7H,6H2. The molecule has 0 aliphatic heterocycles. The highest BCUT2D eigenvalue weighted by atomic mass is 79.9. The van der Waals surface area contributed by atoms with E-state index in [2.05, 4.69) is 31.9 Å². The minimum atomic E-state index is -0.482. The zero-order valence-corrected chi connectivity index (χ0v) is 12.8. The normalized spacial score (nSPS) is 10.5. The van der Waals surface area contributed by atoms with E-state index in [1.165, 1.54) is 30.3 Å². The minimum Gasteiger partial charge on any atom is -0.294 e. The molecule has 0 saturated heterocycles.